The summed E-state index contributed by atoms with van der Waals surface area (Å²) in [4.78, 5) is 26.6. The number of fused-ring (bicyclic) bond motifs is 2. The van der Waals surface area contributed by atoms with Crippen LogP contribution in [0.3, 0.4) is 0 Å². The van der Waals surface area contributed by atoms with Crippen LogP contribution in [0.1, 0.15) is 36.7 Å². The maximum absolute atomic E-state index is 12.8. The molecule has 4 rings (SSSR count). The van der Waals surface area contributed by atoms with Gasteiger partial charge in [0, 0.05) is 12.0 Å². The minimum Gasteiger partial charge on any atom is -0.380 e. The second-order valence-electron chi connectivity index (χ2n) is 7.16. The molecule has 2 unspecified atom stereocenters. The van der Waals surface area contributed by atoms with Crippen LogP contribution in [-0.2, 0) is 16.1 Å². The van der Waals surface area contributed by atoms with E-state index in [9.17, 15) is 9.59 Å². The molecule has 0 saturated carbocycles. The topological polar surface area (TPSA) is 89.4 Å². The number of nitrogens with one attached hydrogen (secondary N) is 1. The molecule has 2 bridgehead atoms. The van der Waals surface area contributed by atoms with E-state index in [1.54, 1.807) is 15.8 Å². The summed E-state index contributed by atoms with van der Waals surface area (Å²) in [5.74, 6) is -0.239. The molecule has 8 heteroatoms. The van der Waals surface area contributed by atoms with Gasteiger partial charge in [0.25, 0.3) is 5.91 Å². The molecule has 1 aromatic heterocycles. The Morgan fingerprint density at radius 1 is 1.48 bits per heavy atom. The number of aromatic nitrogens is 3. The van der Waals surface area contributed by atoms with Gasteiger partial charge in [0.2, 0.25) is 5.91 Å². The van der Waals surface area contributed by atoms with Crippen molar-refractivity contribution in [2.75, 3.05) is 19.8 Å². The predicted molar refractivity (Wildman–Crippen MR) is 79.6 cm³/mol. The highest BCUT2D eigenvalue weighted by molar-refractivity contribution is 5.97. The number of rotatable bonds is 3. The first-order valence-corrected chi connectivity index (χ1v) is 8.14. The highest BCUT2D eigenvalue weighted by Crippen LogP contribution is 2.29. The zero-order valence-electron chi connectivity index (χ0n) is 13.2. The Labute approximate surface area is 134 Å². The van der Waals surface area contributed by atoms with E-state index in [2.05, 4.69) is 22.6 Å². The smallest absolute Gasteiger partial charge is 0.277 e. The highest BCUT2D eigenvalue weighted by atomic mass is 16.5. The Balaban J connectivity index is 1.52. The largest absolute Gasteiger partial charge is 0.380 e. The quantitative estimate of drug-likeness (QED) is 0.834. The van der Waals surface area contributed by atoms with Crippen LogP contribution in [0.15, 0.2) is 6.20 Å². The van der Waals surface area contributed by atoms with Gasteiger partial charge in [0.05, 0.1) is 32.0 Å². The first kappa shape index (κ1) is 14.6. The van der Waals surface area contributed by atoms with E-state index in [-0.39, 0.29) is 29.3 Å². The summed E-state index contributed by atoms with van der Waals surface area (Å²) < 4.78 is 6.94. The molecule has 23 heavy (non-hydrogen) atoms. The lowest BCUT2D eigenvalue weighted by Crippen LogP contribution is -2.64. The second-order valence-corrected chi connectivity index (χ2v) is 7.16. The van der Waals surface area contributed by atoms with Crippen LogP contribution >= 0.6 is 0 Å². The third kappa shape index (κ3) is 2.50. The van der Waals surface area contributed by atoms with Gasteiger partial charge in [-0.3, -0.25) is 14.3 Å². The summed E-state index contributed by atoms with van der Waals surface area (Å²) >= 11 is 0. The van der Waals surface area contributed by atoms with Crippen molar-refractivity contribution in [2.45, 2.75) is 44.8 Å². The zero-order chi connectivity index (χ0) is 16.0. The van der Waals surface area contributed by atoms with Gasteiger partial charge >= 0.3 is 0 Å². The van der Waals surface area contributed by atoms with Crippen molar-refractivity contribution in [3.8, 4) is 0 Å². The van der Waals surface area contributed by atoms with Crippen LogP contribution < -0.4 is 5.32 Å². The van der Waals surface area contributed by atoms with Crippen molar-refractivity contribution in [1.82, 2.24) is 25.2 Å². The summed E-state index contributed by atoms with van der Waals surface area (Å²) in [6.07, 6.45) is 4.31. The van der Waals surface area contributed by atoms with Crippen molar-refractivity contribution >= 4 is 11.8 Å². The number of hydrogen-bond acceptors (Lipinski definition) is 5. The van der Waals surface area contributed by atoms with Crippen molar-refractivity contribution in [2.24, 2.45) is 5.41 Å². The molecule has 2 atom stereocenters. The fourth-order valence-electron chi connectivity index (χ4n) is 3.72. The fraction of sp³-hybridized carbons (Fsp3) is 0.733. The van der Waals surface area contributed by atoms with Gasteiger partial charge in [0.15, 0.2) is 5.69 Å². The molecule has 8 nitrogen and oxygen atoms in total. The van der Waals surface area contributed by atoms with E-state index in [1.807, 2.05) is 0 Å². The van der Waals surface area contributed by atoms with E-state index in [4.69, 9.17) is 4.74 Å². The Bertz CT molecular complexity index is 639. The van der Waals surface area contributed by atoms with E-state index >= 15 is 0 Å². The summed E-state index contributed by atoms with van der Waals surface area (Å²) in [5.41, 5.74) is 0.385. The minimum atomic E-state index is -0.363. The standard InChI is InChI=1S/C15H21N5O3/c1-15(8-23-9-15)7-19-6-11(17-18-19)14(22)20-10-3-2-4-12(20)13(21)16-5-10/h6,10,12H,2-5,7-9H2,1H3,(H,16,21). The molecule has 0 spiro atoms. The number of piperidine rings is 1. The third-order valence-electron chi connectivity index (χ3n) is 5.00. The number of carbonyl (C=O) groups is 2. The molecule has 1 aromatic rings. The maximum atomic E-state index is 12.8. The third-order valence-corrected chi connectivity index (χ3v) is 5.00. The predicted octanol–water partition coefficient (Wildman–Crippen LogP) is -0.192. The average Bonchev–Trinajstić information content (AvgIpc) is 2.97. The minimum absolute atomic E-state index is 0.0548. The number of carbonyl (C=O) groups excluding carboxylic acids is 2. The summed E-state index contributed by atoms with van der Waals surface area (Å²) in [6, 6.07) is -0.292. The van der Waals surface area contributed by atoms with Crippen LogP contribution in [0.25, 0.3) is 0 Å². The molecule has 4 heterocycles. The zero-order valence-corrected chi connectivity index (χ0v) is 13.2. The molecule has 2 amide bonds. The lowest BCUT2D eigenvalue weighted by molar-refractivity contribution is -0.131. The van der Waals surface area contributed by atoms with Gasteiger partial charge in [-0.2, -0.15) is 0 Å². The van der Waals surface area contributed by atoms with E-state index in [1.165, 1.54) is 0 Å². The molecule has 0 aromatic carbocycles. The van der Waals surface area contributed by atoms with Crippen LogP contribution in [-0.4, -0.2) is 63.6 Å². The van der Waals surface area contributed by atoms with Crippen molar-refractivity contribution < 1.29 is 14.3 Å². The van der Waals surface area contributed by atoms with Crippen molar-refractivity contribution in [3.63, 3.8) is 0 Å². The molecule has 0 aliphatic carbocycles. The van der Waals surface area contributed by atoms with Gasteiger partial charge in [-0.05, 0) is 19.3 Å². The lowest BCUT2D eigenvalue weighted by atomic mass is 9.89. The van der Waals surface area contributed by atoms with Gasteiger partial charge in [0.1, 0.15) is 6.04 Å². The Kier molecular flexibility index (Phi) is 3.37. The summed E-state index contributed by atoms with van der Waals surface area (Å²) in [7, 11) is 0. The van der Waals surface area contributed by atoms with Crippen LogP contribution in [0, 0.1) is 5.41 Å². The van der Waals surface area contributed by atoms with E-state index in [0.717, 1.165) is 19.3 Å². The summed E-state index contributed by atoms with van der Waals surface area (Å²) in [5, 5.41) is 11.0. The van der Waals surface area contributed by atoms with Gasteiger partial charge in [-0.1, -0.05) is 12.1 Å². The SMILES string of the molecule is CC1(Cn2cc(C(=O)N3C4CCCC3C(=O)NC4)nn2)COC1. The monoisotopic (exact) mass is 319 g/mol. The van der Waals surface area contributed by atoms with E-state index in [0.29, 0.717) is 32.0 Å². The molecular weight excluding hydrogens is 298 g/mol. The van der Waals surface area contributed by atoms with Crippen molar-refractivity contribution in [1.29, 1.82) is 0 Å². The fourth-order valence-corrected chi connectivity index (χ4v) is 3.72. The number of ether oxygens (including phenoxy) is 1. The number of hydrogen-bond donors (Lipinski definition) is 1. The van der Waals surface area contributed by atoms with Crippen LogP contribution in [0.5, 0.6) is 0 Å². The molecular formula is C15H21N5O3. The normalized spacial score (nSPS) is 28.9. The molecule has 3 aliphatic rings. The summed E-state index contributed by atoms with van der Waals surface area (Å²) in [6.45, 7) is 4.74. The molecule has 3 saturated heterocycles. The number of piperazine rings is 1. The number of amides is 2. The maximum Gasteiger partial charge on any atom is 0.277 e. The van der Waals surface area contributed by atoms with Crippen molar-refractivity contribution in [3.05, 3.63) is 11.9 Å². The lowest BCUT2D eigenvalue weighted by Gasteiger charge is -2.44. The van der Waals surface area contributed by atoms with Gasteiger partial charge < -0.3 is 15.0 Å². The number of nitrogens with zero attached hydrogens (tertiary/aromatic N) is 4. The first-order valence-electron chi connectivity index (χ1n) is 8.14. The first-order chi connectivity index (χ1) is 11.1. The Morgan fingerprint density at radius 2 is 2.30 bits per heavy atom. The molecule has 1 N–H and O–H groups in total. The molecule has 3 fully saturated rings. The molecule has 3 aliphatic heterocycles. The van der Waals surface area contributed by atoms with Gasteiger partial charge in [-0.15, -0.1) is 5.10 Å². The van der Waals surface area contributed by atoms with Crippen LogP contribution in [0.4, 0.5) is 0 Å². The molecule has 124 valence electrons. The van der Waals surface area contributed by atoms with E-state index < -0.39 is 0 Å². The molecule has 0 radical (unpaired) electrons. The average molecular weight is 319 g/mol. The second kappa shape index (κ2) is 5.30. The van der Waals surface area contributed by atoms with Crippen LogP contribution in [0.2, 0.25) is 0 Å². The Hall–Kier alpha value is -1.96. The highest BCUT2D eigenvalue weighted by Gasteiger charge is 2.43. The Morgan fingerprint density at radius 3 is 3.04 bits per heavy atom. The van der Waals surface area contributed by atoms with Gasteiger partial charge in [-0.25, -0.2) is 0 Å².